The molecule has 1 unspecified atom stereocenters. The van der Waals surface area contributed by atoms with E-state index in [1.54, 1.807) is 0 Å². The zero-order valence-electron chi connectivity index (χ0n) is 16.2. The van der Waals surface area contributed by atoms with Crippen molar-refractivity contribution >= 4 is 0 Å². The van der Waals surface area contributed by atoms with Crippen LogP contribution in [-0.2, 0) is 0 Å². The Hall–Kier alpha value is -0.260. The third-order valence-electron chi connectivity index (χ3n) is 4.80. The predicted molar refractivity (Wildman–Crippen MR) is 108 cm³/mol. The molecule has 0 N–H and O–H groups in total. The molecule has 0 rings (SSSR count). The number of rotatable bonds is 18. The second-order valence-corrected chi connectivity index (χ2v) is 7.33. The minimum atomic E-state index is 0.941. The van der Waals surface area contributed by atoms with Gasteiger partial charge in [-0.1, -0.05) is 116 Å². The van der Waals surface area contributed by atoms with Crippen molar-refractivity contribution in [1.29, 1.82) is 0 Å². The summed E-state index contributed by atoms with van der Waals surface area (Å²) < 4.78 is 0. The number of allylic oxidation sites excluding steroid dienone is 2. The summed E-state index contributed by atoms with van der Waals surface area (Å²) in [6.45, 7) is 10.2. The molecule has 0 heterocycles. The Labute approximate surface area is 148 Å². The third kappa shape index (κ3) is 19.7. The van der Waals surface area contributed by atoms with Gasteiger partial charge < -0.3 is 0 Å². The monoisotopic (exact) mass is 320 g/mol. The van der Waals surface area contributed by atoms with Crippen LogP contribution in [0.2, 0.25) is 0 Å². The minimum absolute atomic E-state index is 0.941. The molecule has 0 aliphatic rings. The molecular formula is C23H44. The Morgan fingerprint density at radius 2 is 0.957 bits per heavy atom. The molecule has 0 fully saturated rings. The first-order valence-electron chi connectivity index (χ1n) is 10.5. The van der Waals surface area contributed by atoms with Crippen LogP contribution in [0.25, 0.3) is 0 Å². The summed E-state index contributed by atoms with van der Waals surface area (Å²) in [7, 11) is 0. The summed E-state index contributed by atoms with van der Waals surface area (Å²) in [6, 6.07) is 0. The molecule has 23 heavy (non-hydrogen) atoms. The van der Waals surface area contributed by atoms with Crippen LogP contribution in [0.5, 0.6) is 0 Å². The molecule has 0 spiro atoms. The van der Waals surface area contributed by atoms with Gasteiger partial charge in [-0.05, 0) is 31.6 Å². The molecule has 0 aromatic rings. The largest absolute Gasteiger partial charge is 0.0885 e. The first kappa shape index (κ1) is 22.7. The Morgan fingerprint density at radius 1 is 0.565 bits per heavy atom. The summed E-state index contributed by atoms with van der Waals surface area (Å²) in [5.41, 5.74) is 0. The van der Waals surface area contributed by atoms with Gasteiger partial charge in [0, 0.05) is 0 Å². The van der Waals surface area contributed by atoms with E-state index in [-0.39, 0.29) is 0 Å². The third-order valence-corrected chi connectivity index (χ3v) is 4.80. The van der Waals surface area contributed by atoms with E-state index in [0.717, 1.165) is 18.8 Å². The van der Waals surface area contributed by atoms with E-state index < -0.39 is 0 Å². The Kier molecular flexibility index (Phi) is 19.6. The van der Waals surface area contributed by atoms with E-state index in [0.29, 0.717) is 0 Å². The SMILES string of the molecule is [CH2]CCCCC=CCCCCCCCC(C)CCCCCC[CH2]. The van der Waals surface area contributed by atoms with Crippen molar-refractivity contribution in [1.82, 2.24) is 0 Å². The Bertz CT molecular complexity index is 228. The molecule has 0 bridgehead atoms. The molecule has 0 saturated carbocycles. The van der Waals surface area contributed by atoms with E-state index in [9.17, 15) is 0 Å². The van der Waals surface area contributed by atoms with Crippen LogP contribution in [-0.4, -0.2) is 0 Å². The zero-order chi connectivity index (χ0) is 17.0. The lowest BCUT2D eigenvalue weighted by atomic mass is 9.96. The van der Waals surface area contributed by atoms with E-state index in [4.69, 9.17) is 0 Å². The number of hydrogen-bond donors (Lipinski definition) is 0. The predicted octanol–water partition coefficient (Wildman–Crippen LogP) is 8.48. The van der Waals surface area contributed by atoms with Crippen molar-refractivity contribution in [3.63, 3.8) is 0 Å². The maximum Gasteiger partial charge on any atom is -0.0351 e. The second-order valence-electron chi connectivity index (χ2n) is 7.33. The lowest BCUT2D eigenvalue weighted by molar-refractivity contribution is 0.433. The average molecular weight is 321 g/mol. The zero-order valence-corrected chi connectivity index (χ0v) is 16.2. The average Bonchev–Trinajstić information content (AvgIpc) is 2.55. The van der Waals surface area contributed by atoms with Crippen LogP contribution >= 0.6 is 0 Å². The van der Waals surface area contributed by atoms with Crippen molar-refractivity contribution < 1.29 is 0 Å². The fourth-order valence-corrected chi connectivity index (χ4v) is 3.13. The number of hydrogen-bond acceptors (Lipinski definition) is 0. The van der Waals surface area contributed by atoms with Gasteiger partial charge in [0.05, 0.1) is 0 Å². The highest BCUT2D eigenvalue weighted by molar-refractivity contribution is 4.81. The summed E-state index contributed by atoms with van der Waals surface area (Å²) >= 11 is 0. The first-order valence-corrected chi connectivity index (χ1v) is 10.5. The van der Waals surface area contributed by atoms with Crippen molar-refractivity contribution in [3.05, 3.63) is 26.0 Å². The topological polar surface area (TPSA) is 0 Å². The van der Waals surface area contributed by atoms with E-state index in [1.165, 1.54) is 96.3 Å². The maximum absolute atomic E-state index is 3.91. The van der Waals surface area contributed by atoms with Crippen molar-refractivity contribution in [3.8, 4) is 0 Å². The molecule has 0 nitrogen and oxygen atoms in total. The molecule has 2 radical (unpaired) electrons. The Morgan fingerprint density at radius 3 is 1.52 bits per heavy atom. The van der Waals surface area contributed by atoms with Crippen molar-refractivity contribution in [2.75, 3.05) is 0 Å². The van der Waals surface area contributed by atoms with Gasteiger partial charge in [0.25, 0.3) is 0 Å². The van der Waals surface area contributed by atoms with Gasteiger partial charge in [-0.3, -0.25) is 0 Å². The summed E-state index contributed by atoms with van der Waals surface area (Å²) in [5.74, 6) is 0.941. The fourth-order valence-electron chi connectivity index (χ4n) is 3.13. The van der Waals surface area contributed by atoms with Crippen LogP contribution < -0.4 is 0 Å². The van der Waals surface area contributed by atoms with E-state index in [1.807, 2.05) is 0 Å². The quantitative estimate of drug-likeness (QED) is 0.175. The highest BCUT2D eigenvalue weighted by atomic mass is 14.1. The van der Waals surface area contributed by atoms with Crippen LogP contribution in [0.4, 0.5) is 0 Å². The van der Waals surface area contributed by atoms with Crippen LogP contribution in [0.1, 0.15) is 116 Å². The molecule has 0 aromatic carbocycles. The van der Waals surface area contributed by atoms with Gasteiger partial charge in [-0.2, -0.15) is 0 Å². The molecule has 0 saturated heterocycles. The Balaban J connectivity index is 3.17. The smallest absolute Gasteiger partial charge is 0.0351 e. The van der Waals surface area contributed by atoms with Gasteiger partial charge in [0.2, 0.25) is 0 Å². The van der Waals surface area contributed by atoms with E-state index >= 15 is 0 Å². The van der Waals surface area contributed by atoms with Gasteiger partial charge in [0.1, 0.15) is 0 Å². The van der Waals surface area contributed by atoms with E-state index in [2.05, 4.69) is 32.9 Å². The summed E-state index contributed by atoms with van der Waals surface area (Å²) in [4.78, 5) is 0. The maximum atomic E-state index is 3.91. The highest BCUT2D eigenvalue weighted by Crippen LogP contribution is 2.18. The summed E-state index contributed by atoms with van der Waals surface area (Å²) in [5, 5.41) is 0. The van der Waals surface area contributed by atoms with Crippen LogP contribution in [0.15, 0.2) is 12.2 Å². The molecule has 0 aliphatic heterocycles. The molecule has 0 aromatic heterocycles. The molecule has 136 valence electrons. The van der Waals surface area contributed by atoms with Crippen LogP contribution in [0.3, 0.4) is 0 Å². The van der Waals surface area contributed by atoms with Crippen LogP contribution in [0, 0.1) is 19.8 Å². The lowest BCUT2D eigenvalue weighted by Gasteiger charge is -2.10. The normalized spacial score (nSPS) is 13.0. The molecule has 1 atom stereocenters. The fraction of sp³-hybridized carbons (Fsp3) is 0.826. The lowest BCUT2D eigenvalue weighted by Crippen LogP contribution is -1.95. The van der Waals surface area contributed by atoms with Gasteiger partial charge in [-0.15, -0.1) is 0 Å². The molecule has 0 heteroatoms. The highest BCUT2D eigenvalue weighted by Gasteiger charge is 2.01. The number of unbranched alkanes of at least 4 members (excludes halogenated alkanes) is 12. The standard InChI is InChI=1S/C23H44/c1-4-6-8-10-11-12-13-14-15-16-18-20-22-23(3)21-19-17-9-7-5-2/h11-12,23H,1-2,4-10,13-22H2,3H3. The van der Waals surface area contributed by atoms with Crippen molar-refractivity contribution in [2.45, 2.75) is 116 Å². The second kappa shape index (κ2) is 19.8. The summed E-state index contributed by atoms with van der Waals surface area (Å²) in [6.07, 6.45) is 27.7. The molecule has 0 amide bonds. The molecular weight excluding hydrogens is 276 g/mol. The minimum Gasteiger partial charge on any atom is -0.0885 e. The van der Waals surface area contributed by atoms with Gasteiger partial charge in [0.15, 0.2) is 0 Å². The van der Waals surface area contributed by atoms with Crippen molar-refractivity contribution in [2.24, 2.45) is 5.92 Å². The first-order chi connectivity index (χ1) is 11.3. The van der Waals surface area contributed by atoms with Gasteiger partial charge >= 0.3 is 0 Å². The van der Waals surface area contributed by atoms with Gasteiger partial charge in [-0.25, -0.2) is 0 Å². The molecule has 0 aliphatic carbocycles.